The molecule has 0 aliphatic carbocycles. The van der Waals surface area contributed by atoms with Gasteiger partial charge in [-0.3, -0.25) is 4.79 Å². The van der Waals surface area contributed by atoms with Gasteiger partial charge in [-0.05, 0) is 43.5 Å². The summed E-state index contributed by atoms with van der Waals surface area (Å²) in [6.07, 6.45) is 0.832. The van der Waals surface area contributed by atoms with Crippen molar-refractivity contribution in [3.05, 3.63) is 75.3 Å². The Balaban J connectivity index is 1.84. The lowest BCUT2D eigenvalue weighted by molar-refractivity contribution is 0.132. The number of benzene rings is 1. The molecule has 0 saturated heterocycles. The standard InChI is InChI=1S/C23H22N2O2/c1-5-23(4)14(3)27-12-17-18(23)10-20-21-16(11-25(20)22(17)26)13(2)15-8-6-7-9-19(15)24-21/h6-10H,3,5,11-12H2,1-2,4H3/t23-/m0/s1. The van der Waals surface area contributed by atoms with Gasteiger partial charge in [-0.15, -0.1) is 0 Å². The monoisotopic (exact) mass is 358 g/mol. The molecule has 0 unspecified atom stereocenters. The zero-order valence-electron chi connectivity index (χ0n) is 15.9. The van der Waals surface area contributed by atoms with Crippen LogP contribution in [0.4, 0.5) is 0 Å². The van der Waals surface area contributed by atoms with Crippen molar-refractivity contribution in [1.29, 1.82) is 0 Å². The highest BCUT2D eigenvalue weighted by molar-refractivity contribution is 5.87. The van der Waals surface area contributed by atoms with E-state index in [1.807, 2.05) is 22.8 Å². The van der Waals surface area contributed by atoms with E-state index in [0.717, 1.165) is 51.2 Å². The van der Waals surface area contributed by atoms with Crippen molar-refractivity contribution in [3.63, 3.8) is 0 Å². The molecule has 4 heteroatoms. The van der Waals surface area contributed by atoms with Crippen LogP contribution in [0.3, 0.4) is 0 Å². The molecule has 27 heavy (non-hydrogen) atoms. The van der Waals surface area contributed by atoms with Crippen LogP contribution in [0, 0.1) is 6.92 Å². The molecule has 0 radical (unpaired) electrons. The molecule has 3 aromatic rings. The Hall–Kier alpha value is -2.88. The van der Waals surface area contributed by atoms with Gasteiger partial charge >= 0.3 is 0 Å². The molecule has 0 fully saturated rings. The van der Waals surface area contributed by atoms with Crippen LogP contribution >= 0.6 is 0 Å². The first-order valence-electron chi connectivity index (χ1n) is 9.43. The average Bonchev–Trinajstić information content (AvgIpc) is 3.05. The van der Waals surface area contributed by atoms with Crippen molar-refractivity contribution in [2.24, 2.45) is 0 Å². The predicted octanol–water partition coefficient (Wildman–Crippen LogP) is 4.45. The number of aryl methyl sites for hydroxylation is 1. The van der Waals surface area contributed by atoms with Gasteiger partial charge in [0.1, 0.15) is 6.61 Å². The SMILES string of the molecule is C=C1OCc2c(cc3n(c2=O)Cc2c-3nc3ccccc3c2C)[C@@]1(C)CC. The smallest absolute Gasteiger partial charge is 0.258 e. The molecule has 0 saturated carbocycles. The maximum Gasteiger partial charge on any atom is 0.258 e. The molecule has 136 valence electrons. The number of rotatable bonds is 1. The van der Waals surface area contributed by atoms with Crippen LogP contribution in [-0.2, 0) is 23.3 Å². The summed E-state index contributed by atoms with van der Waals surface area (Å²) in [6, 6.07) is 10.3. The molecule has 1 aromatic carbocycles. The number of para-hydroxylation sites is 1. The lowest BCUT2D eigenvalue weighted by atomic mass is 9.75. The maximum atomic E-state index is 13.3. The van der Waals surface area contributed by atoms with E-state index in [1.165, 1.54) is 5.56 Å². The number of ether oxygens (including phenoxy) is 1. The van der Waals surface area contributed by atoms with Crippen molar-refractivity contribution in [1.82, 2.24) is 9.55 Å². The summed E-state index contributed by atoms with van der Waals surface area (Å²) in [7, 11) is 0. The zero-order valence-corrected chi connectivity index (χ0v) is 15.9. The van der Waals surface area contributed by atoms with Gasteiger partial charge in [0, 0.05) is 16.4 Å². The van der Waals surface area contributed by atoms with Gasteiger partial charge in [-0.2, -0.15) is 0 Å². The number of allylic oxidation sites excluding steroid dienone is 1. The summed E-state index contributed by atoms with van der Waals surface area (Å²) in [4.78, 5) is 18.2. The summed E-state index contributed by atoms with van der Waals surface area (Å²) >= 11 is 0. The van der Waals surface area contributed by atoms with Gasteiger partial charge in [0.2, 0.25) is 0 Å². The van der Waals surface area contributed by atoms with Crippen LogP contribution < -0.4 is 5.56 Å². The van der Waals surface area contributed by atoms with E-state index in [0.29, 0.717) is 13.2 Å². The number of aromatic nitrogens is 2. The fraction of sp³-hybridized carbons (Fsp3) is 0.304. The number of pyridine rings is 2. The van der Waals surface area contributed by atoms with Gasteiger partial charge in [0.15, 0.2) is 0 Å². The van der Waals surface area contributed by atoms with Crippen LogP contribution in [0.5, 0.6) is 0 Å². The second-order valence-corrected chi connectivity index (χ2v) is 7.79. The molecule has 0 amide bonds. The first kappa shape index (κ1) is 16.3. The fourth-order valence-electron chi connectivity index (χ4n) is 4.51. The van der Waals surface area contributed by atoms with Crippen molar-refractivity contribution in [2.75, 3.05) is 0 Å². The van der Waals surface area contributed by atoms with Gasteiger partial charge in [0.25, 0.3) is 5.56 Å². The first-order chi connectivity index (χ1) is 13.0. The summed E-state index contributed by atoms with van der Waals surface area (Å²) in [5.74, 6) is 0.739. The number of fused-ring (bicyclic) bond motifs is 5. The van der Waals surface area contributed by atoms with E-state index in [4.69, 9.17) is 9.72 Å². The Bertz CT molecular complexity index is 1210. The van der Waals surface area contributed by atoms with E-state index in [1.54, 1.807) is 0 Å². The minimum absolute atomic E-state index is 0.0381. The van der Waals surface area contributed by atoms with Gasteiger partial charge in [-0.1, -0.05) is 31.7 Å². The van der Waals surface area contributed by atoms with Crippen molar-refractivity contribution in [2.45, 2.75) is 45.8 Å². The highest BCUT2D eigenvalue weighted by atomic mass is 16.5. The minimum atomic E-state index is -0.350. The molecule has 0 bridgehead atoms. The summed E-state index contributed by atoms with van der Waals surface area (Å²) in [6.45, 7) is 11.3. The number of hydrogen-bond acceptors (Lipinski definition) is 3. The van der Waals surface area contributed by atoms with E-state index in [-0.39, 0.29) is 11.0 Å². The van der Waals surface area contributed by atoms with Crippen LogP contribution in [-0.4, -0.2) is 9.55 Å². The third-order valence-corrected chi connectivity index (χ3v) is 6.55. The second kappa shape index (κ2) is 5.32. The van der Waals surface area contributed by atoms with Gasteiger partial charge < -0.3 is 9.30 Å². The number of nitrogens with zero attached hydrogens (tertiary/aromatic N) is 2. The third kappa shape index (κ3) is 1.98. The predicted molar refractivity (Wildman–Crippen MR) is 107 cm³/mol. The van der Waals surface area contributed by atoms with E-state index in [9.17, 15) is 4.79 Å². The molecule has 2 aliphatic heterocycles. The lowest BCUT2D eigenvalue weighted by Gasteiger charge is -2.37. The van der Waals surface area contributed by atoms with Crippen LogP contribution in [0.2, 0.25) is 0 Å². The summed E-state index contributed by atoms with van der Waals surface area (Å²) in [5, 5.41) is 1.15. The Morgan fingerprint density at radius 1 is 1.30 bits per heavy atom. The quantitative estimate of drug-likeness (QED) is 0.505. The number of hydrogen-bond donors (Lipinski definition) is 0. The molecule has 0 N–H and O–H groups in total. The lowest BCUT2D eigenvalue weighted by Crippen LogP contribution is -2.37. The molecular formula is C23H22N2O2. The average molecular weight is 358 g/mol. The van der Waals surface area contributed by atoms with Crippen LogP contribution in [0.15, 0.2) is 47.5 Å². The normalized spacial score (nSPS) is 20.2. The van der Waals surface area contributed by atoms with Crippen LogP contribution in [0.1, 0.15) is 42.5 Å². The summed E-state index contributed by atoms with van der Waals surface area (Å²) in [5.41, 5.74) is 6.65. The molecule has 2 aliphatic rings. The largest absolute Gasteiger partial charge is 0.493 e. The van der Waals surface area contributed by atoms with Gasteiger partial charge in [0.05, 0.1) is 34.8 Å². The van der Waals surface area contributed by atoms with E-state index < -0.39 is 0 Å². The van der Waals surface area contributed by atoms with Crippen molar-refractivity contribution < 1.29 is 4.74 Å². The second-order valence-electron chi connectivity index (χ2n) is 7.79. The summed E-state index contributed by atoms with van der Waals surface area (Å²) < 4.78 is 7.65. The minimum Gasteiger partial charge on any atom is -0.493 e. The Labute approximate surface area is 158 Å². The highest BCUT2D eigenvalue weighted by Crippen LogP contribution is 2.43. The zero-order chi connectivity index (χ0) is 18.9. The maximum absolute atomic E-state index is 13.3. The van der Waals surface area contributed by atoms with Gasteiger partial charge in [-0.25, -0.2) is 4.98 Å². The highest BCUT2D eigenvalue weighted by Gasteiger charge is 2.39. The fourth-order valence-corrected chi connectivity index (χ4v) is 4.51. The van der Waals surface area contributed by atoms with Crippen molar-refractivity contribution >= 4 is 10.9 Å². The molecule has 5 rings (SSSR count). The molecule has 4 heterocycles. The Morgan fingerprint density at radius 3 is 2.85 bits per heavy atom. The topological polar surface area (TPSA) is 44.1 Å². The molecule has 1 atom stereocenters. The molecule has 2 aromatic heterocycles. The van der Waals surface area contributed by atoms with E-state index >= 15 is 0 Å². The van der Waals surface area contributed by atoms with Crippen LogP contribution in [0.25, 0.3) is 22.3 Å². The Kier molecular flexibility index (Phi) is 3.21. The first-order valence-corrected chi connectivity index (χ1v) is 9.43. The van der Waals surface area contributed by atoms with E-state index in [2.05, 4.69) is 39.5 Å². The van der Waals surface area contributed by atoms with Crippen molar-refractivity contribution in [3.8, 4) is 11.4 Å². The third-order valence-electron chi connectivity index (χ3n) is 6.55. The molecule has 0 spiro atoms. The molecular weight excluding hydrogens is 336 g/mol. The Morgan fingerprint density at radius 2 is 2.07 bits per heavy atom. The molecule has 4 nitrogen and oxygen atoms in total.